The molecule has 9 heteroatoms. The van der Waals surface area contributed by atoms with Gasteiger partial charge in [0.1, 0.15) is 17.0 Å². The molecule has 0 atom stereocenters. The SMILES string of the molecule is Cc1cccc(CN2C(=O)N(c3cnn(Cc4c(C)noc4C)c3)C(=O)C2(C)C)c1O. The first-order chi connectivity index (χ1) is 14.6. The Morgan fingerprint density at radius 2 is 1.87 bits per heavy atom. The van der Waals surface area contributed by atoms with E-state index < -0.39 is 11.6 Å². The van der Waals surface area contributed by atoms with E-state index in [9.17, 15) is 14.7 Å². The Morgan fingerprint density at radius 1 is 1.13 bits per heavy atom. The molecule has 2 aromatic heterocycles. The number of carbonyl (C=O) groups is 2. The van der Waals surface area contributed by atoms with Crippen molar-refractivity contribution in [2.24, 2.45) is 0 Å². The van der Waals surface area contributed by atoms with Crippen LogP contribution in [0.15, 0.2) is 35.1 Å². The van der Waals surface area contributed by atoms with Crippen LogP contribution < -0.4 is 4.90 Å². The van der Waals surface area contributed by atoms with Gasteiger partial charge in [-0.15, -0.1) is 0 Å². The topological polar surface area (TPSA) is 105 Å². The number of aromatic nitrogens is 3. The molecule has 1 aromatic carbocycles. The van der Waals surface area contributed by atoms with Crippen molar-refractivity contribution in [1.29, 1.82) is 0 Å². The van der Waals surface area contributed by atoms with E-state index in [1.165, 1.54) is 11.1 Å². The van der Waals surface area contributed by atoms with Crippen LogP contribution in [0.4, 0.5) is 10.5 Å². The van der Waals surface area contributed by atoms with Gasteiger partial charge in [-0.3, -0.25) is 9.48 Å². The van der Waals surface area contributed by atoms with Gasteiger partial charge in [-0.1, -0.05) is 23.4 Å². The van der Waals surface area contributed by atoms with E-state index in [0.717, 1.165) is 16.2 Å². The van der Waals surface area contributed by atoms with Gasteiger partial charge in [-0.05, 0) is 40.2 Å². The standard InChI is InChI=1S/C22H25N5O4/c1-13-7-6-8-16(19(13)28)10-26-21(30)27(20(29)22(26,4)5)17-9-23-25(11-17)12-18-14(2)24-31-15(18)3/h6-9,11,28H,10,12H2,1-5H3. The summed E-state index contributed by atoms with van der Waals surface area (Å²) in [6.45, 7) is 9.42. The quantitative estimate of drug-likeness (QED) is 0.632. The van der Waals surface area contributed by atoms with Crippen LogP contribution in [-0.2, 0) is 17.9 Å². The number of nitrogens with zero attached hydrogens (tertiary/aromatic N) is 5. The zero-order valence-corrected chi connectivity index (χ0v) is 18.2. The van der Waals surface area contributed by atoms with Crippen LogP contribution in [0.2, 0.25) is 0 Å². The summed E-state index contributed by atoms with van der Waals surface area (Å²) in [6.07, 6.45) is 3.16. The summed E-state index contributed by atoms with van der Waals surface area (Å²) in [5.41, 5.74) is 2.30. The van der Waals surface area contributed by atoms with Crippen LogP contribution in [-0.4, -0.2) is 42.4 Å². The maximum absolute atomic E-state index is 13.3. The van der Waals surface area contributed by atoms with Crippen LogP contribution >= 0.6 is 0 Å². The molecular formula is C22H25N5O4. The molecule has 0 bridgehead atoms. The van der Waals surface area contributed by atoms with Gasteiger partial charge < -0.3 is 14.5 Å². The van der Waals surface area contributed by atoms with Crippen molar-refractivity contribution in [2.45, 2.75) is 53.2 Å². The first-order valence-electron chi connectivity index (χ1n) is 9.99. The zero-order chi connectivity index (χ0) is 22.5. The Hall–Kier alpha value is -3.62. The van der Waals surface area contributed by atoms with Gasteiger partial charge in [0.25, 0.3) is 5.91 Å². The molecule has 0 saturated carbocycles. The molecule has 1 saturated heterocycles. The summed E-state index contributed by atoms with van der Waals surface area (Å²) in [6, 6.07) is 4.91. The van der Waals surface area contributed by atoms with Crippen LogP contribution in [0.1, 0.15) is 42.0 Å². The molecule has 162 valence electrons. The maximum atomic E-state index is 13.3. The number of benzene rings is 1. The molecule has 1 aliphatic heterocycles. The number of hydrogen-bond donors (Lipinski definition) is 1. The summed E-state index contributed by atoms with van der Waals surface area (Å²) in [5.74, 6) is 0.485. The van der Waals surface area contributed by atoms with Crippen molar-refractivity contribution in [3.8, 4) is 5.75 Å². The lowest BCUT2D eigenvalue weighted by Crippen LogP contribution is -2.43. The lowest BCUT2D eigenvalue weighted by molar-refractivity contribution is -0.123. The molecule has 4 rings (SSSR count). The Bertz CT molecular complexity index is 1160. The highest BCUT2D eigenvalue weighted by Gasteiger charge is 2.52. The molecule has 1 fully saturated rings. The fourth-order valence-electron chi connectivity index (χ4n) is 3.79. The number of urea groups is 1. The van der Waals surface area contributed by atoms with Gasteiger partial charge in [0.15, 0.2) is 0 Å². The predicted molar refractivity (Wildman–Crippen MR) is 113 cm³/mol. The molecule has 1 N–H and O–H groups in total. The van der Waals surface area contributed by atoms with Crippen LogP contribution in [0.25, 0.3) is 0 Å². The van der Waals surface area contributed by atoms with Crippen molar-refractivity contribution in [1.82, 2.24) is 19.8 Å². The van der Waals surface area contributed by atoms with Gasteiger partial charge >= 0.3 is 6.03 Å². The highest BCUT2D eigenvalue weighted by atomic mass is 16.5. The molecule has 0 unspecified atom stereocenters. The second kappa shape index (κ2) is 7.26. The van der Waals surface area contributed by atoms with E-state index in [2.05, 4.69) is 10.3 Å². The van der Waals surface area contributed by atoms with Crippen molar-refractivity contribution in [3.05, 3.63) is 58.7 Å². The third-order valence-electron chi connectivity index (χ3n) is 5.85. The normalized spacial score (nSPS) is 15.9. The van der Waals surface area contributed by atoms with Crippen LogP contribution in [0.3, 0.4) is 0 Å². The van der Waals surface area contributed by atoms with Crippen LogP contribution in [0, 0.1) is 20.8 Å². The monoisotopic (exact) mass is 423 g/mol. The molecule has 0 radical (unpaired) electrons. The first kappa shape index (κ1) is 20.6. The van der Waals surface area contributed by atoms with Crippen molar-refractivity contribution >= 4 is 17.6 Å². The van der Waals surface area contributed by atoms with Gasteiger partial charge in [0, 0.05) is 17.3 Å². The number of phenols is 1. The van der Waals surface area contributed by atoms with Crippen molar-refractivity contribution < 1.29 is 19.2 Å². The fourth-order valence-corrected chi connectivity index (χ4v) is 3.79. The van der Waals surface area contributed by atoms with E-state index in [1.54, 1.807) is 43.8 Å². The molecule has 31 heavy (non-hydrogen) atoms. The summed E-state index contributed by atoms with van der Waals surface area (Å²) >= 11 is 0. The highest BCUT2D eigenvalue weighted by Crippen LogP contribution is 2.35. The van der Waals surface area contributed by atoms with E-state index in [0.29, 0.717) is 29.1 Å². The highest BCUT2D eigenvalue weighted by molar-refractivity contribution is 6.22. The lowest BCUT2D eigenvalue weighted by atomic mass is 10.0. The first-order valence-corrected chi connectivity index (χ1v) is 9.99. The molecular weight excluding hydrogens is 398 g/mol. The third kappa shape index (κ3) is 3.35. The number of aromatic hydroxyl groups is 1. The zero-order valence-electron chi connectivity index (χ0n) is 18.2. The molecule has 3 aromatic rings. The molecule has 9 nitrogen and oxygen atoms in total. The van der Waals surface area contributed by atoms with Gasteiger partial charge in [0.2, 0.25) is 0 Å². The average Bonchev–Trinajstić information content (AvgIpc) is 3.34. The number of phenolic OH excluding ortho intramolecular Hbond substituents is 1. The largest absolute Gasteiger partial charge is 0.507 e. The summed E-state index contributed by atoms with van der Waals surface area (Å²) < 4.78 is 6.83. The van der Waals surface area contributed by atoms with Crippen molar-refractivity contribution in [2.75, 3.05) is 4.90 Å². The van der Waals surface area contributed by atoms with Gasteiger partial charge in [-0.2, -0.15) is 5.10 Å². The number of carbonyl (C=O) groups excluding carboxylic acids is 2. The van der Waals surface area contributed by atoms with Crippen molar-refractivity contribution in [3.63, 3.8) is 0 Å². The third-order valence-corrected chi connectivity index (χ3v) is 5.85. The summed E-state index contributed by atoms with van der Waals surface area (Å²) in [4.78, 5) is 29.0. The number of aryl methyl sites for hydroxylation is 3. The number of imide groups is 1. The number of para-hydroxylation sites is 1. The van der Waals surface area contributed by atoms with Crippen LogP contribution in [0.5, 0.6) is 5.75 Å². The minimum atomic E-state index is -1.07. The van der Waals surface area contributed by atoms with E-state index in [4.69, 9.17) is 4.52 Å². The summed E-state index contributed by atoms with van der Waals surface area (Å²) in [5, 5.41) is 18.6. The average molecular weight is 423 g/mol. The number of rotatable bonds is 5. The number of hydrogen-bond acceptors (Lipinski definition) is 6. The molecule has 0 spiro atoms. The molecule has 3 amide bonds. The second-order valence-electron chi connectivity index (χ2n) is 8.35. The Labute approximate surface area is 179 Å². The summed E-state index contributed by atoms with van der Waals surface area (Å²) in [7, 11) is 0. The van der Waals surface area contributed by atoms with E-state index in [-0.39, 0.29) is 18.2 Å². The maximum Gasteiger partial charge on any atom is 0.332 e. The van der Waals surface area contributed by atoms with E-state index >= 15 is 0 Å². The van der Waals surface area contributed by atoms with E-state index in [1.807, 2.05) is 19.9 Å². The lowest BCUT2D eigenvalue weighted by Gasteiger charge is -2.28. The van der Waals surface area contributed by atoms with Gasteiger partial charge in [0.05, 0.1) is 30.7 Å². The molecule has 3 heterocycles. The predicted octanol–water partition coefficient (Wildman–Crippen LogP) is 3.30. The second-order valence-corrected chi connectivity index (χ2v) is 8.35. The molecule has 0 aliphatic carbocycles. The molecule has 1 aliphatic rings. The Morgan fingerprint density at radius 3 is 2.55 bits per heavy atom. The Balaban J connectivity index is 1.61. The smallest absolute Gasteiger partial charge is 0.332 e. The number of anilines is 1. The Kier molecular flexibility index (Phi) is 4.83. The number of amides is 3. The van der Waals surface area contributed by atoms with Gasteiger partial charge in [-0.25, -0.2) is 9.69 Å². The minimum absolute atomic E-state index is 0.120. The minimum Gasteiger partial charge on any atom is -0.507 e. The fraction of sp³-hybridized carbons (Fsp3) is 0.364.